The number of hydrogen-bond acceptors (Lipinski definition) is 6. The van der Waals surface area contributed by atoms with Crippen LogP contribution in [0.2, 0.25) is 0 Å². The van der Waals surface area contributed by atoms with Gasteiger partial charge in [-0.05, 0) is 92.4 Å². The standard InChI is InChI=1S/C51H70N4O4/c1-58-48-21-13-11-19-46(48)40-54-35-17-5-3-4-6-18-36-55(41-47-20-12-14-22-49(47)59-2)51(57)24-10-8-16-34-53-39-45-31-27-43(28-32-45)37-42-25-29-44(30-26-42)38-52-33-15-7-9-23-50(54)56/h11-14,19-22,25-32,52-53H,3-10,15-18,23-24,33-41H2,1-2H3. The minimum atomic E-state index is 0.226. The van der Waals surface area contributed by atoms with Crippen molar-refractivity contribution in [3.63, 3.8) is 0 Å². The maximum absolute atomic E-state index is 13.6. The average Bonchev–Trinajstić information content (AvgIpc) is 3.26. The number of fused-ring (bicyclic) bond motifs is 2. The zero-order valence-electron chi connectivity index (χ0n) is 36.0. The van der Waals surface area contributed by atoms with Gasteiger partial charge in [0.25, 0.3) is 0 Å². The van der Waals surface area contributed by atoms with Gasteiger partial charge in [0.1, 0.15) is 11.5 Å². The van der Waals surface area contributed by atoms with E-state index in [1.54, 1.807) is 14.2 Å². The van der Waals surface area contributed by atoms with E-state index in [2.05, 4.69) is 71.3 Å². The summed E-state index contributed by atoms with van der Waals surface area (Å²) in [6.07, 6.45) is 14.4. The van der Waals surface area contributed by atoms with Crippen LogP contribution in [-0.4, -0.2) is 62.0 Å². The highest BCUT2D eigenvalue weighted by Crippen LogP contribution is 2.23. The fraction of sp³-hybridized carbons (Fsp3) is 0.490. The molecule has 4 aromatic rings. The molecule has 4 bridgehead atoms. The highest BCUT2D eigenvalue weighted by Gasteiger charge is 2.17. The van der Waals surface area contributed by atoms with Crippen LogP contribution in [0, 0.1) is 0 Å². The quantitative estimate of drug-likeness (QED) is 0.202. The molecule has 2 amide bonds. The summed E-state index contributed by atoms with van der Waals surface area (Å²) in [5, 5.41) is 7.20. The van der Waals surface area contributed by atoms with Gasteiger partial charge in [0.05, 0.1) is 14.2 Å². The molecule has 3 aliphatic rings. The molecule has 3 heterocycles. The van der Waals surface area contributed by atoms with E-state index in [1.807, 2.05) is 46.2 Å². The lowest BCUT2D eigenvalue weighted by Crippen LogP contribution is -2.31. The second-order valence-electron chi connectivity index (χ2n) is 16.2. The monoisotopic (exact) mass is 803 g/mol. The highest BCUT2D eigenvalue weighted by atomic mass is 16.5. The van der Waals surface area contributed by atoms with Gasteiger partial charge in [-0.3, -0.25) is 9.59 Å². The first-order chi connectivity index (χ1) is 29.0. The van der Waals surface area contributed by atoms with Crippen LogP contribution < -0.4 is 20.1 Å². The van der Waals surface area contributed by atoms with Gasteiger partial charge in [-0.15, -0.1) is 0 Å². The number of benzene rings is 4. The molecule has 0 spiro atoms. The Labute approximate surface area is 355 Å². The molecule has 59 heavy (non-hydrogen) atoms. The van der Waals surface area contributed by atoms with Crippen LogP contribution >= 0.6 is 0 Å². The average molecular weight is 803 g/mol. The molecular weight excluding hydrogens is 733 g/mol. The van der Waals surface area contributed by atoms with Crippen molar-refractivity contribution in [1.29, 1.82) is 0 Å². The van der Waals surface area contributed by atoms with E-state index in [4.69, 9.17) is 9.47 Å². The molecule has 8 nitrogen and oxygen atoms in total. The van der Waals surface area contributed by atoms with Crippen molar-refractivity contribution >= 4 is 11.8 Å². The van der Waals surface area contributed by atoms with E-state index in [0.717, 1.165) is 145 Å². The number of rotatable bonds is 6. The molecule has 0 saturated carbocycles. The number of hydrogen-bond donors (Lipinski definition) is 2. The van der Waals surface area contributed by atoms with Crippen molar-refractivity contribution in [2.75, 3.05) is 40.4 Å². The van der Waals surface area contributed by atoms with E-state index in [-0.39, 0.29) is 11.8 Å². The maximum atomic E-state index is 13.6. The van der Waals surface area contributed by atoms with Gasteiger partial charge in [0, 0.05) is 63.2 Å². The SMILES string of the molecule is COc1ccccc1CN1CCCCCCCCN(Cc2ccccc2OC)C(=O)CCCCCNCc2ccc(cc2)Cc2ccc(cc2)CNCCCCCC1=O. The third-order valence-corrected chi connectivity index (χ3v) is 11.5. The van der Waals surface area contributed by atoms with Crippen molar-refractivity contribution in [2.24, 2.45) is 0 Å². The van der Waals surface area contributed by atoms with E-state index in [0.29, 0.717) is 25.9 Å². The number of nitrogens with one attached hydrogen (secondary N) is 2. The summed E-state index contributed by atoms with van der Waals surface area (Å²) in [5.41, 5.74) is 7.32. The van der Waals surface area contributed by atoms with Crippen LogP contribution in [-0.2, 0) is 42.2 Å². The summed E-state index contributed by atoms with van der Waals surface area (Å²) in [5.74, 6) is 2.11. The van der Waals surface area contributed by atoms with Crippen LogP contribution in [0.5, 0.6) is 11.5 Å². The van der Waals surface area contributed by atoms with Crippen molar-refractivity contribution in [1.82, 2.24) is 20.4 Å². The fourth-order valence-electron chi connectivity index (χ4n) is 7.95. The minimum Gasteiger partial charge on any atom is -0.496 e. The third-order valence-electron chi connectivity index (χ3n) is 11.5. The number of para-hydroxylation sites is 2. The number of carbonyl (C=O) groups is 2. The molecule has 0 fully saturated rings. The summed E-state index contributed by atoms with van der Waals surface area (Å²) < 4.78 is 11.3. The molecule has 0 aliphatic carbocycles. The smallest absolute Gasteiger partial charge is 0.222 e. The van der Waals surface area contributed by atoms with Crippen molar-refractivity contribution < 1.29 is 19.1 Å². The molecule has 8 heteroatoms. The molecule has 2 N–H and O–H groups in total. The Balaban J connectivity index is 1.17. The Hall–Kier alpha value is -4.66. The van der Waals surface area contributed by atoms with Gasteiger partial charge in [0.15, 0.2) is 0 Å². The van der Waals surface area contributed by atoms with Gasteiger partial charge >= 0.3 is 0 Å². The second-order valence-corrected chi connectivity index (χ2v) is 16.2. The summed E-state index contributed by atoms with van der Waals surface area (Å²) in [6.45, 7) is 6.24. The van der Waals surface area contributed by atoms with E-state index in [9.17, 15) is 9.59 Å². The van der Waals surface area contributed by atoms with E-state index < -0.39 is 0 Å². The largest absolute Gasteiger partial charge is 0.496 e. The van der Waals surface area contributed by atoms with Crippen LogP contribution in [0.3, 0.4) is 0 Å². The highest BCUT2D eigenvalue weighted by molar-refractivity contribution is 5.76. The second kappa shape index (κ2) is 26.4. The Kier molecular flexibility index (Phi) is 20.4. The third kappa shape index (κ3) is 16.5. The number of ether oxygens (including phenoxy) is 2. The molecule has 0 aromatic heterocycles. The number of methoxy groups -OCH3 is 2. The molecule has 0 unspecified atom stereocenters. The van der Waals surface area contributed by atoms with Crippen LogP contribution in [0.1, 0.15) is 123 Å². The van der Waals surface area contributed by atoms with Crippen molar-refractivity contribution in [3.05, 3.63) is 130 Å². The van der Waals surface area contributed by atoms with Gasteiger partial charge in [0.2, 0.25) is 11.8 Å². The lowest BCUT2D eigenvalue weighted by Gasteiger charge is -2.24. The number of amides is 2. The first kappa shape index (κ1) is 45.4. The summed E-state index contributed by atoms with van der Waals surface area (Å²) in [7, 11) is 3.39. The van der Waals surface area contributed by atoms with Crippen LogP contribution in [0.15, 0.2) is 97.1 Å². The topological polar surface area (TPSA) is 83.1 Å². The molecule has 0 radical (unpaired) electrons. The van der Waals surface area contributed by atoms with Crippen LogP contribution in [0.25, 0.3) is 0 Å². The van der Waals surface area contributed by atoms with Gasteiger partial charge in [-0.2, -0.15) is 0 Å². The first-order valence-corrected chi connectivity index (χ1v) is 22.4. The van der Waals surface area contributed by atoms with Crippen molar-refractivity contribution in [2.45, 2.75) is 122 Å². The lowest BCUT2D eigenvalue weighted by molar-refractivity contribution is -0.132. The molecule has 4 aromatic carbocycles. The zero-order chi connectivity index (χ0) is 41.3. The maximum Gasteiger partial charge on any atom is 0.222 e. The summed E-state index contributed by atoms with van der Waals surface area (Å²) in [6, 6.07) is 34.0. The van der Waals surface area contributed by atoms with E-state index >= 15 is 0 Å². The molecule has 0 saturated heterocycles. The molecule has 7 rings (SSSR count). The molecule has 3 aliphatic heterocycles. The number of nitrogens with zero attached hydrogens (tertiary/aromatic N) is 2. The molecule has 0 atom stereocenters. The minimum absolute atomic E-state index is 0.226. The zero-order valence-corrected chi connectivity index (χ0v) is 36.0. The Morgan fingerprint density at radius 1 is 0.458 bits per heavy atom. The summed E-state index contributed by atoms with van der Waals surface area (Å²) in [4.78, 5) is 31.3. The van der Waals surface area contributed by atoms with Gasteiger partial charge in [-0.25, -0.2) is 0 Å². The lowest BCUT2D eigenvalue weighted by atomic mass is 10.0. The Morgan fingerprint density at radius 3 is 1.25 bits per heavy atom. The normalized spacial score (nSPS) is 17.3. The van der Waals surface area contributed by atoms with Gasteiger partial charge < -0.3 is 29.9 Å². The molecule has 318 valence electrons. The predicted octanol–water partition coefficient (Wildman–Crippen LogP) is 10.0. The predicted molar refractivity (Wildman–Crippen MR) is 241 cm³/mol. The van der Waals surface area contributed by atoms with E-state index in [1.165, 1.54) is 22.3 Å². The molecular formula is C51H70N4O4. The first-order valence-electron chi connectivity index (χ1n) is 22.4. The number of carbonyl (C=O) groups excluding carboxylic acids is 2. The van der Waals surface area contributed by atoms with Crippen molar-refractivity contribution in [3.8, 4) is 11.5 Å². The van der Waals surface area contributed by atoms with Gasteiger partial charge in [-0.1, -0.05) is 123 Å². The Bertz CT molecular complexity index is 1660. The fourth-order valence-corrected chi connectivity index (χ4v) is 7.95. The van der Waals surface area contributed by atoms with Crippen LogP contribution in [0.4, 0.5) is 0 Å². The summed E-state index contributed by atoms with van der Waals surface area (Å²) >= 11 is 0. The Morgan fingerprint density at radius 2 is 0.831 bits per heavy atom.